The number of amides is 1. The molecule has 0 radical (unpaired) electrons. The van der Waals surface area contributed by atoms with Crippen molar-refractivity contribution >= 4 is 6.09 Å². The Morgan fingerprint density at radius 1 is 1.47 bits per heavy atom. The smallest absolute Gasteiger partial charge is 0.410 e. The van der Waals surface area contributed by atoms with Crippen molar-refractivity contribution in [3.63, 3.8) is 0 Å². The molecule has 1 aliphatic heterocycles. The van der Waals surface area contributed by atoms with Gasteiger partial charge in [-0.2, -0.15) is 0 Å². The Labute approximate surface area is 103 Å². The highest BCUT2D eigenvalue weighted by molar-refractivity contribution is 5.68. The maximum absolute atomic E-state index is 11.9. The van der Waals surface area contributed by atoms with Crippen molar-refractivity contribution in [3.8, 4) is 0 Å². The lowest BCUT2D eigenvalue weighted by atomic mass is 9.95. The SMILES string of the molecule is COC1(C(C)N)CCN(C(=O)OC(C)(C)C)C1. The third kappa shape index (κ3) is 3.33. The minimum atomic E-state index is -0.469. The maximum Gasteiger partial charge on any atom is 0.410 e. The van der Waals surface area contributed by atoms with Crippen molar-refractivity contribution in [2.45, 2.75) is 51.4 Å². The second kappa shape index (κ2) is 4.82. The Morgan fingerprint density at radius 3 is 2.41 bits per heavy atom. The van der Waals surface area contributed by atoms with Crippen molar-refractivity contribution in [1.82, 2.24) is 4.90 Å². The van der Waals surface area contributed by atoms with E-state index < -0.39 is 11.2 Å². The van der Waals surface area contributed by atoms with Crippen LogP contribution in [0.3, 0.4) is 0 Å². The zero-order chi connectivity index (χ0) is 13.3. The molecule has 1 heterocycles. The Kier molecular flexibility index (Phi) is 4.04. The van der Waals surface area contributed by atoms with Gasteiger partial charge in [-0.1, -0.05) is 0 Å². The summed E-state index contributed by atoms with van der Waals surface area (Å²) < 4.78 is 10.8. The molecule has 5 nitrogen and oxygen atoms in total. The van der Waals surface area contributed by atoms with E-state index in [1.54, 1.807) is 12.0 Å². The first-order valence-corrected chi connectivity index (χ1v) is 5.99. The molecule has 1 amide bonds. The van der Waals surface area contributed by atoms with E-state index in [0.717, 1.165) is 6.42 Å². The standard InChI is InChI=1S/C12H24N2O3/c1-9(13)12(16-5)6-7-14(8-12)10(15)17-11(2,3)4/h9H,6-8,13H2,1-5H3. The van der Waals surface area contributed by atoms with Gasteiger partial charge in [0.05, 0.1) is 6.54 Å². The van der Waals surface area contributed by atoms with Crippen LogP contribution in [0.5, 0.6) is 0 Å². The minimum absolute atomic E-state index is 0.111. The molecule has 0 aromatic heterocycles. The molecule has 5 heteroatoms. The fourth-order valence-corrected chi connectivity index (χ4v) is 2.01. The highest BCUT2D eigenvalue weighted by Gasteiger charge is 2.44. The predicted molar refractivity (Wildman–Crippen MR) is 65.8 cm³/mol. The topological polar surface area (TPSA) is 64.8 Å². The molecule has 1 aliphatic rings. The summed E-state index contributed by atoms with van der Waals surface area (Å²) in [5.74, 6) is 0. The number of nitrogens with zero attached hydrogens (tertiary/aromatic N) is 1. The van der Waals surface area contributed by atoms with Gasteiger partial charge in [-0.3, -0.25) is 0 Å². The lowest BCUT2D eigenvalue weighted by Crippen LogP contribution is -2.50. The maximum atomic E-state index is 11.9. The molecule has 17 heavy (non-hydrogen) atoms. The van der Waals surface area contributed by atoms with Crippen LogP contribution in [0, 0.1) is 0 Å². The Bertz CT molecular complexity index is 286. The van der Waals surface area contributed by atoms with Gasteiger partial charge in [0.25, 0.3) is 0 Å². The number of ether oxygens (including phenoxy) is 2. The largest absolute Gasteiger partial charge is 0.444 e. The molecule has 1 rings (SSSR count). The summed E-state index contributed by atoms with van der Waals surface area (Å²) in [6.07, 6.45) is 0.456. The van der Waals surface area contributed by atoms with Gasteiger partial charge in [0, 0.05) is 19.7 Å². The van der Waals surface area contributed by atoms with Crippen molar-refractivity contribution < 1.29 is 14.3 Å². The molecule has 0 bridgehead atoms. The van der Waals surface area contributed by atoms with Gasteiger partial charge in [0.2, 0.25) is 0 Å². The first kappa shape index (κ1) is 14.3. The summed E-state index contributed by atoms with van der Waals surface area (Å²) in [6, 6.07) is -0.111. The third-order valence-corrected chi connectivity index (χ3v) is 3.15. The zero-order valence-electron chi connectivity index (χ0n) is 11.4. The first-order valence-electron chi connectivity index (χ1n) is 5.99. The zero-order valence-corrected chi connectivity index (χ0v) is 11.4. The molecular formula is C12H24N2O3. The molecule has 0 aromatic rings. The lowest BCUT2D eigenvalue weighted by molar-refractivity contribution is -0.0227. The lowest BCUT2D eigenvalue weighted by Gasteiger charge is -2.32. The van der Waals surface area contributed by atoms with Crippen molar-refractivity contribution in [2.24, 2.45) is 5.73 Å². The highest BCUT2D eigenvalue weighted by Crippen LogP contribution is 2.28. The molecule has 0 saturated carbocycles. The second-order valence-electron chi connectivity index (χ2n) is 5.71. The van der Waals surface area contributed by atoms with Crippen LogP contribution < -0.4 is 5.73 Å². The van der Waals surface area contributed by atoms with Crippen LogP contribution >= 0.6 is 0 Å². The van der Waals surface area contributed by atoms with Crippen LogP contribution in [0.2, 0.25) is 0 Å². The van der Waals surface area contributed by atoms with E-state index in [4.69, 9.17) is 15.2 Å². The van der Waals surface area contributed by atoms with Gasteiger partial charge in [0.1, 0.15) is 11.2 Å². The van der Waals surface area contributed by atoms with E-state index in [9.17, 15) is 4.79 Å². The molecule has 0 aliphatic carbocycles. The molecule has 1 fully saturated rings. The normalized spacial score (nSPS) is 27.1. The van der Waals surface area contributed by atoms with E-state index in [2.05, 4.69) is 0 Å². The number of hydrogen-bond donors (Lipinski definition) is 1. The Balaban J connectivity index is 2.64. The summed E-state index contributed by atoms with van der Waals surface area (Å²) in [7, 11) is 1.64. The number of hydrogen-bond acceptors (Lipinski definition) is 4. The second-order valence-corrected chi connectivity index (χ2v) is 5.71. The highest BCUT2D eigenvalue weighted by atomic mass is 16.6. The average Bonchev–Trinajstić information content (AvgIpc) is 2.60. The monoisotopic (exact) mass is 244 g/mol. The predicted octanol–water partition coefficient (Wildman–Crippen LogP) is 1.36. The van der Waals surface area contributed by atoms with Crippen molar-refractivity contribution in [1.29, 1.82) is 0 Å². The minimum Gasteiger partial charge on any atom is -0.444 e. The molecule has 2 unspecified atom stereocenters. The summed E-state index contributed by atoms with van der Waals surface area (Å²) in [5.41, 5.74) is 5.03. The summed E-state index contributed by atoms with van der Waals surface area (Å²) >= 11 is 0. The van der Waals surface area contributed by atoms with Crippen LogP contribution in [0.15, 0.2) is 0 Å². The first-order chi connectivity index (χ1) is 7.70. The number of carbonyl (C=O) groups is 1. The molecule has 0 spiro atoms. The molecule has 2 atom stereocenters. The summed E-state index contributed by atoms with van der Waals surface area (Å²) in [4.78, 5) is 13.6. The molecule has 1 saturated heterocycles. The number of methoxy groups -OCH3 is 1. The van der Waals surface area contributed by atoms with Crippen LogP contribution in [0.25, 0.3) is 0 Å². The number of rotatable bonds is 2. The third-order valence-electron chi connectivity index (χ3n) is 3.15. The van der Waals surface area contributed by atoms with Crippen molar-refractivity contribution in [3.05, 3.63) is 0 Å². The van der Waals surface area contributed by atoms with Gasteiger partial charge in [-0.15, -0.1) is 0 Å². The van der Waals surface area contributed by atoms with E-state index in [1.807, 2.05) is 27.7 Å². The van der Waals surface area contributed by atoms with Crippen LogP contribution in [0.4, 0.5) is 4.79 Å². The molecular weight excluding hydrogens is 220 g/mol. The Hall–Kier alpha value is -0.810. The van der Waals surface area contributed by atoms with Crippen LogP contribution in [0.1, 0.15) is 34.1 Å². The van der Waals surface area contributed by atoms with Crippen molar-refractivity contribution in [2.75, 3.05) is 20.2 Å². The van der Waals surface area contributed by atoms with Gasteiger partial charge in [-0.25, -0.2) is 4.79 Å². The van der Waals surface area contributed by atoms with E-state index in [0.29, 0.717) is 13.1 Å². The fraction of sp³-hybridized carbons (Fsp3) is 0.917. The number of nitrogens with two attached hydrogens (primary N) is 1. The van der Waals surface area contributed by atoms with Gasteiger partial charge in [0.15, 0.2) is 0 Å². The summed E-state index contributed by atoms with van der Waals surface area (Å²) in [6.45, 7) is 8.60. The molecule has 0 aromatic carbocycles. The quantitative estimate of drug-likeness (QED) is 0.796. The summed E-state index contributed by atoms with van der Waals surface area (Å²) in [5, 5.41) is 0. The van der Waals surface area contributed by atoms with Gasteiger partial charge >= 0.3 is 6.09 Å². The number of carbonyl (C=O) groups excluding carboxylic acids is 1. The van der Waals surface area contributed by atoms with E-state index in [-0.39, 0.29) is 12.1 Å². The molecule has 2 N–H and O–H groups in total. The van der Waals surface area contributed by atoms with Crippen LogP contribution in [-0.2, 0) is 9.47 Å². The fourth-order valence-electron chi connectivity index (χ4n) is 2.01. The Morgan fingerprint density at radius 2 is 2.06 bits per heavy atom. The average molecular weight is 244 g/mol. The van der Waals surface area contributed by atoms with E-state index in [1.165, 1.54) is 0 Å². The van der Waals surface area contributed by atoms with Gasteiger partial charge < -0.3 is 20.1 Å². The van der Waals surface area contributed by atoms with Crippen LogP contribution in [-0.4, -0.2) is 48.4 Å². The van der Waals surface area contributed by atoms with Gasteiger partial charge in [-0.05, 0) is 34.1 Å². The molecule has 100 valence electrons. The van der Waals surface area contributed by atoms with E-state index >= 15 is 0 Å². The number of likely N-dealkylation sites (tertiary alicyclic amines) is 1.